The van der Waals surface area contributed by atoms with E-state index in [9.17, 15) is 27.7 Å². The third kappa shape index (κ3) is 4.02. The van der Waals surface area contributed by atoms with Gasteiger partial charge in [-0.2, -0.15) is 17.6 Å². The molecule has 1 aliphatic rings. The fourth-order valence-electron chi connectivity index (χ4n) is 2.83. The van der Waals surface area contributed by atoms with Gasteiger partial charge in [-0.3, -0.25) is 10.1 Å². The molecule has 1 aromatic rings. The minimum Gasteiger partial charge on any atom is -0.497 e. The highest BCUT2D eigenvalue weighted by Gasteiger charge is 2.42. The van der Waals surface area contributed by atoms with Gasteiger partial charge in [0, 0.05) is 18.2 Å². The monoisotopic (exact) mass is 336 g/mol. The van der Waals surface area contributed by atoms with Crippen molar-refractivity contribution >= 4 is 11.4 Å². The standard InChI is InChI=1S/C14H16F4N2O3/c1-23-10-6-11(15)13(20(21)22)12(7-10)19-9-4-2-3-8(5-9)14(16,17)18/h6-9,19H,2-5H2,1H3. The number of benzene rings is 1. The molecule has 0 saturated heterocycles. The molecular formula is C14H16F4N2O3. The lowest BCUT2D eigenvalue weighted by Crippen LogP contribution is -2.34. The van der Waals surface area contributed by atoms with Crippen molar-refractivity contribution < 1.29 is 27.2 Å². The molecule has 0 radical (unpaired) electrons. The lowest BCUT2D eigenvalue weighted by atomic mass is 9.85. The van der Waals surface area contributed by atoms with Crippen LogP contribution in [0.5, 0.6) is 5.75 Å². The maximum atomic E-state index is 13.8. The van der Waals surface area contributed by atoms with E-state index in [-0.39, 0.29) is 24.3 Å². The number of methoxy groups -OCH3 is 1. The summed E-state index contributed by atoms with van der Waals surface area (Å²) in [6.07, 6.45) is -3.67. The summed E-state index contributed by atoms with van der Waals surface area (Å²) in [6, 6.07) is 1.47. The van der Waals surface area contributed by atoms with Crippen molar-refractivity contribution in [3.63, 3.8) is 0 Å². The summed E-state index contributed by atoms with van der Waals surface area (Å²) >= 11 is 0. The lowest BCUT2D eigenvalue weighted by molar-refractivity contribution is -0.386. The zero-order valence-electron chi connectivity index (χ0n) is 12.3. The molecule has 0 bridgehead atoms. The molecule has 1 aromatic carbocycles. The van der Waals surface area contributed by atoms with Gasteiger partial charge in [-0.15, -0.1) is 0 Å². The molecule has 2 unspecified atom stereocenters. The number of anilines is 1. The molecule has 0 heterocycles. The first kappa shape index (κ1) is 17.3. The van der Waals surface area contributed by atoms with Crippen molar-refractivity contribution in [2.75, 3.05) is 12.4 Å². The topological polar surface area (TPSA) is 64.4 Å². The Kier molecular flexibility index (Phi) is 4.96. The fraction of sp³-hybridized carbons (Fsp3) is 0.571. The first-order valence-electron chi connectivity index (χ1n) is 7.07. The van der Waals surface area contributed by atoms with Crippen LogP contribution >= 0.6 is 0 Å². The number of nitrogens with zero attached hydrogens (tertiary/aromatic N) is 1. The molecule has 1 N–H and O–H groups in total. The molecule has 23 heavy (non-hydrogen) atoms. The normalized spacial score (nSPS) is 21.8. The van der Waals surface area contributed by atoms with E-state index in [2.05, 4.69) is 5.32 Å². The molecule has 0 aromatic heterocycles. The molecule has 0 spiro atoms. The summed E-state index contributed by atoms with van der Waals surface area (Å²) in [6.45, 7) is 0. The van der Waals surface area contributed by atoms with Crippen LogP contribution in [0.15, 0.2) is 12.1 Å². The van der Waals surface area contributed by atoms with E-state index < -0.39 is 34.6 Å². The van der Waals surface area contributed by atoms with Crippen molar-refractivity contribution in [2.45, 2.75) is 37.9 Å². The summed E-state index contributed by atoms with van der Waals surface area (Å²) in [4.78, 5) is 10.1. The highest BCUT2D eigenvalue weighted by atomic mass is 19.4. The number of nitro groups is 1. The second kappa shape index (κ2) is 6.59. The number of hydrogen-bond donors (Lipinski definition) is 1. The third-order valence-electron chi connectivity index (χ3n) is 3.95. The van der Waals surface area contributed by atoms with E-state index >= 15 is 0 Å². The maximum Gasteiger partial charge on any atom is 0.391 e. The van der Waals surface area contributed by atoms with Crippen molar-refractivity contribution in [1.82, 2.24) is 0 Å². The van der Waals surface area contributed by atoms with Crippen molar-refractivity contribution in [2.24, 2.45) is 5.92 Å². The van der Waals surface area contributed by atoms with Crippen LogP contribution in [0.25, 0.3) is 0 Å². The van der Waals surface area contributed by atoms with Crippen LogP contribution in [0.2, 0.25) is 0 Å². The van der Waals surface area contributed by atoms with Crippen LogP contribution in [0.4, 0.5) is 28.9 Å². The Hall–Kier alpha value is -2.06. The van der Waals surface area contributed by atoms with Gasteiger partial charge < -0.3 is 10.1 Å². The predicted octanol–water partition coefficient (Wildman–Crippen LogP) is 4.28. The quantitative estimate of drug-likeness (QED) is 0.506. The molecule has 2 rings (SSSR count). The predicted molar refractivity (Wildman–Crippen MR) is 75.0 cm³/mol. The summed E-state index contributed by atoms with van der Waals surface area (Å²) in [5.41, 5.74) is -0.959. The van der Waals surface area contributed by atoms with Crippen molar-refractivity contribution in [3.05, 3.63) is 28.1 Å². The highest BCUT2D eigenvalue weighted by Crippen LogP contribution is 2.40. The second-order valence-corrected chi connectivity index (χ2v) is 5.51. The Balaban J connectivity index is 2.25. The van der Waals surface area contributed by atoms with Gasteiger partial charge in [-0.25, -0.2) is 0 Å². The van der Waals surface area contributed by atoms with E-state index in [4.69, 9.17) is 4.74 Å². The van der Waals surface area contributed by atoms with E-state index in [1.807, 2.05) is 0 Å². The Labute approximate surface area is 129 Å². The average molecular weight is 336 g/mol. The zero-order chi connectivity index (χ0) is 17.2. The molecule has 0 amide bonds. The summed E-state index contributed by atoms with van der Waals surface area (Å²) < 4.78 is 57.2. The molecule has 9 heteroatoms. The molecule has 1 fully saturated rings. The summed E-state index contributed by atoms with van der Waals surface area (Å²) in [5, 5.41) is 13.7. The van der Waals surface area contributed by atoms with Crippen LogP contribution in [0.3, 0.4) is 0 Å². The van der Waals surface area contributed by atoms with Gasteiger partial charge in [-0.1, -0.05) is 6.42 Å². The largest absolute Gasteiger partial charge is 0.497 e. The number of hydrogen-bond acceptors (Lipinski definition) is 4. The first-order chi connectivity index (χ1) is 10.7. The minimum atomic E-state index is -4.30. The Morgan fingerprint density at radius 3 is 2.61 bits per heavy atom. The van der Waals surface area contributed by atoms with Crippen molar-refractivity contribution in [1.29, 1.82) is 0 Å². The first-order valence-corrected chi connectivity index (χ1v) is 7.07. The van der Waals surface area contributed by atoms with Crippen LogP contribution in [0, 0.1) is 21.8 Å². The van der Waals surface area contributed by atoms with Gasteiger partial charge in [0.1, 0.15) is 11.4 Å². The summed E-state index contributed by atoms with van der Waals surface area (Å²) in [5.74, 6) is -2.50. The number of halogens is 4. The zero-order valence-corrected chi connectivity index (χ0v) is 12.3. The Morgan fingerprint density at radius 2 is 2.04 bits per heavy atom. The van der Waals surface area contributed by atoms with Crippen LogP contribution in [0.1, 0.15) is 25.7 Å². The Morgan fingerprint density at radius 1 is 1.35 bits per heavy atom. The molecule has 1 aliphatic carbocycles. The van der Waals surface area contributed by atoms with Gasteiger partial charge >= 0.3 is 11.9 Å². The summed E-state index contributed by atoms with van der Waals surface area (Å²) in [7, 11) is 1.27. The number of alkyl halides is 3. The van der Waals surface area contributed by atoms with Crippen molar-refractivity contribution in [3.8, 4) is 5.75 Å². The average Bonchev–Trinajstić information content (AvgIpc) is 2.45. The number of ether oxygens (including phenoxy) is 1. The SMILES string of the molecule is COc1cc(F)c([N+](=O)[O-])c(NC2CCCC(C(F)(F)F)C2)c1. The van der Waals surface area contributed by atoms with E-state index in [1.54, 1.807) is 0 Å². The van der Waals surface area contributed by atoms with Crippen LogP contribution in [-0.2, 0) is 0 Å². The van der Waals surface area contributed by atoms with Crippen LogP contribution < -0.4 is 10.1 Å². The number of rotatable bonds is 4. The van der Waals surface area contributed by atoms with Gasteiger partial charge in [0.2, 0.25) is 5.82 Å². The van der Waals surface area contributed by atoms with E-state index in [0.29, 0.717) is 12.8 Å². The Bertz CT molecular complexity index is 592. The molecule has 128 valence electrons. The second-order valence-electron chi connectivity index (χ2n) is 5.51. The van der Waals surface area contributed by atoms with Gasteiger partial charge in [0.05, 0.1) is 18.0 Å². The third-order valence-corrected chi connectivity index (χ3v) is 3.95. The van der Waals surface area contributed by atoms with Gasteiger partial charge in [0.15, 0.2) is 0 Å². The van der Waals surface area contributed by atoms with E-state index in [1.165, 1.54) is 13.2 Å². The molecule has 5 nitrogen and oxygen atoms in total. The lowest BCUT2D eigenvalue weighted by Gasteiger charge is -2.31. The minimum absolute atomic E-state index is 0.0379. The fourth-order valence-corrected chi connectivity index (χ4v) is 2.83. The van der Waals surface area contributed by atoms with Crippen LogP contribution in [-0.4, -0.2) is 24.3 Å². The molecule has 1 saturated carbocycles. The number of nitro benzene ring substituents is 1. The highest BCUT2D eigenvalue weighted by molar-refractivity contribution is 5.65. The maximum absolute atomic E-state index is 13.8. The van der Waals surface area contributed by atoms with Gasteiger partial charge in [0.25, 0.3) is 0 Å². The molecular weight excluding hydrogens is 320 g/mol. The molecule has 2 atom stereocenters. The van der Waals surface area contributed by atoms with E-state index in [0.717, 1.165) is 6.07 Å². The van der Waals surface area contributed by atoms with Gasteiger partial charge in [-0.05, 0) is 19.3 Å². The number of nitrogens with one attached hydrogen (secondary N) is 1. The smallest absolute Gasteiger partial charge is 0.391 e. The molecule has 0 aliphatic heterocycles.